The van der Waals surface area contributed by atoms with Gasteiger partial charge in [-0.15, -0.1) is 0 Å². The third kappa shape index (κ3) is 2.16. The summed E-state index contributed by atoms with van der Waals surface area (Å²) in [6.45, 7) is 3.96. The van der Waals surface area contributed by atoms with Gasteiger partial charge in [-0.05, 0) is 32.0 Å². The lowest BCUT2D eigenvalue weighted by atomic mass is 10.1. The molecule has 2 rings (SSSR count). The first-order valence-electron chi connectivity index (χ1n) is 5.17. The van der Waals surface area contributed by atoms with E-state index < -0.39 is 16.2 Å². The minimum absolute atomic E-state index is 0.201. The maximum Gasteiger partial charge on any atom is 0.272 e. The molecule has 1 aliphatic heterocycles. The summed E-state index contributed by atoms with van der Waals surface area (Å²) < 4.78 is 22.0. The van der Waals surface area contributed by atoms with Gasteiger partial charge < -0.3 is 10.6 Å². The lowest BCUT2D eigenvalue weighted by molar-refractivity contribution is -0.109. The zero-order valence-corrected chi connectivity index (χ0v) is 10.3. The highest BCUT2D eigenvalue weighted by Crippen LogP contribution is 2.26. The van der Waals surface area contributed by atoms with Crippen LogP contribution in [-0.4, -0.2) is 25.2 Å². The molecule has 2 N–H and O–H groups in total. The van der Waals surface area contributed by atoms with Crippen molar-refractivity contribution in [1.29, 1.82) is 0 Å². The summed E-state index contributed by atoms with van der Waals surface area (Å²) in [4.78, 5) is 11.2. The average molecular weight is 252 g/mol. The quantitative estimate of drug-likeness (QED) is 0.765. The summed E-state index contributed by atoms with van der Waals surface area (Å²) in [6, 6.07) is 5.39. The third-order valence-corrected chi connectivity index (χ3v) is 3.08. The fraction of sp³-hybridized carbons (Fsp3) is 0.273. The number of amides is 1. The molecule has 1 amide bonds. The number of fused-ring (bicyclic) bond motifs is 1. The first kappa shape index (κ1) is 11.7. The van der Waals surface area contributed by atoms with Crippen molar-refractivity contribution in [2.24, 2.45) is 0 Å². The van der Waals surface area contributed by atoms with Crippen LogP contribution >= 0.6 is 0 Å². The molecule has 0 aromatic heterocycles. The smallest absolute Gasteiger partial charge is 0.272 e. The Bertz CT molecular complexity index is 610. The van der Waals surface area contributed by atoms with Gasteiger partial charge in [0.15, 0.2) is 4.86 Å². The van der Waals surface area contributed by atoms with Crippen LogP contribution in [0, 0.1) is 0 Å². The van der Waals surface area contributed by atoms with Crippen molar-refractivity contribution in [1.82, 2.24) is 0 Å². The maximum atomic E-state index is 11.4. The second-order valence-corrected chi connectivity index (χ2v) is 4.96. The van der Waals surface area contributed by atoms with Crippen LogP contribution in [0.1, 0.15) is 19.4 Å². The van der Waals surface area contributed by atoms with Gasteiger partial charge in [-0.25, -0.2) is 0 Å². The van der Waals surface area contributed by atoms with Crippen molar-refractivity contribution >= 4 is 32.4 Å². The van der Waals surface area contributed by atoms with Crippen LogP contribution in [0.15, 0.2) is 18.2 Å². The first-order valence-corrected chi connectivity index (χ1v) is 6.25. The van der Waals surface area contributed by atoms with Crippen molar-refractivity contribution in [2.75, 3.05) is 10.6 Å². The van der Waals surface area contributed by atoms with Gasteiger partial charge in [-0.2, -0.15) is 8.42 Å². The molecular formula is C11H12N2O3S. The molecule has 1 heterocycles. The second-order valence-electron chi connectivity index (χ2n) is 4.08. The molecule has 1 aromatic rings. The molecule has 0 saturated heterocycles. The van der Waals surface area contributed by atoms with Crippen molar-refractivity contribution < 1.29 is 13.2 Å². The van der Waals surface area contributed by atoms with Crippen LogP contribution in [-0.2, 0) is 15.1 Å². The van der Waals surface area contributed by atoms with E-state index in [1.807, 2.05) is 13.8 Å². The Labute approximate surface area is 100 Å². The van der Waals surface area contributed by atoms with Gasteiger partial charge in [0.05, 0.1) is 5.69 Å². The van der Waals surface area contributed by atoms with Gasteiger partial charge in [0.2, 0.25) is 10.3 Å². The molecular weight excluding hydrogens is 240 g/mol. The van der Waals surface area contributed by atoms with Crippen LogP contribution in [0.5, 0.6) is 0 Å². The summed E-state index contributed by atoms with van der Waals surface area (Å²) in [5, 5.41) is 5.67. The average Bonchev–Trinajstić information content (AvgIpc) is 2.52. The Hall–Kier alpha value is -1.82. The van der Waals surface area contributed by atoms with E-state index in [0.717, 1.165) is 5.69 Å². The van der Waals surface area contributed by atoms with E-state index in [4.69, 9.17) is 0 Å². The maximum absolute atomic E-state index is 11.4. The highest BCUT2D eigenvalue weighted by molar-refractivity contribution is 7.75. The molecule has 1 aliphatic rings. The Morgan fingerprint density at radius 3 is 2.59 bits per heavy atom. The molecule has 0 radical (unpaired) electrons. The third-order valence-electron chi connectivity index (χ3n) is 2.34. The summed E-state index contributed by atoms with van der Waals surface area (Å²) in [6.07, 6.45) is 0. The number of hydrogen-bond acceptors (Lipinski definition) is 4. The molecule has 0 saturated carbocycles. The fourth-order valence-electron chi connectivity index (χ4n) is 1.73. The summed E-state index contributed by atoms with van der Waals surface area (Å²) in [5.41, 5.74) is 1.75. The number of nitrogens with one attached hydrogen (secondary N) is 2. The number of hydrogen-bond donors (Lipinski definition) is 2. The zero-order valence-electron chi connectivity index (χ0n) is 9.44. The number of carbonyl (C=O) groups excluding carboxylic acids is 1. The highest BCUT2D eigenvalue weighted by Gasteiger charge is 2.27. The Morgan fingerprint density at radius 1 is 1.29 bits per heavy atom. The van der Waals surface area contributed by atoms with Gasteiger partial charge in [-0.3, -0.25) is 4.79 Å². The monoisotopic (exact) mass is 252 g/mol. The standard InChI is InChI=1S/C11H12N2O3S/c1-6(2)12-7-3-4-9-8(5-7)10(17(15)16)11(14)13-9/h3-6,12H,1-2H3,(H,13,14). The van der Waals surface area contributed by atoms with E-state index in [2.05, 4.69) is 10.6 Å². The molecule has 90 valence electrons. The molecule has 0 bridgehead atoms. The molecule has 0 spiro atoms. The summed E-state index contributed by atoms with van der Waals surface area (Å²) in [5.74, 6) is -0.574. The van der Waals surface area contributed by atoms with Crippen molar-refractivity contribution in [3.05, 3.63) is 23.8 Å². The normalized spacial score (nSPS) is 13.6. The lowest BCUT2D eigenvalue weighted by Crippen LogP contribution is -2.15. The van der Waals surface area contributed by atoms with Gasteiger partial charge in [0, 0.05) is 17.3 Å². The SMILES string of the molecule is CC(C)Nc1ccc2c(c1)C(=S(=O)=O)C(=O)N2. The first-order chi connectivity index (χ1) is 7.99. The van der Waals surface area contributed by atoms with E-state index in [9.17, 15) is 13.2 Å². The van der Waals surface area contributed by atoms with E-state index in [1.54, 1.807) is 18.2 Å². The Balaban J connectivity index is 2.54. The van der Waals surface area contributed by atoms with Gasteiger partial charge in [0.1, 0.15) is 0 Å². The molecule has 0 atom stereocenters. The predicted octanol–water partition coefficient (Wildman–Crippen LogP) is 0.859. The highest BCUT2D eigenvalue weighted by atomic mass is 32.2. The lowest BCUT2D eigenvalue weighted by Gasteiger charge is -2.10. The van der Waals surface area contributed by atoms with Crippen LogP contribution in [0.3, 0.4) is 0 Å². The van der Waals surface area contributed by atoms with Crippen LogP contribution in [0.4, 0.5) is 11.4 Å². The number of rotatable bonds is 2. The minimum atomic E-state index is -2.53. The molecule has 0 aliphatic carbocycles. The predicted molar refractivity (Wildman–Crippen MR) is 66.9 cm³/mol. The van der Waals surface area contributed by atoms with E-state index in [-0.39, 0.29) is 10.9 Å². The zero-order chi connectivity index (χ0) is 12.6. The fourth-order valence-corrected chi connectivity index (χ4v) is 2.28. The van der Waals surface area contributed by atoms with Crippen LogP contribution < -0.4 is 10.6 Å². The van der Waals surface area contributed by atoms with Crippen molar-refractivity contribution in [3.8, 4) is 0 Å². The number of carbonyl (C=O) groups is 1. The van der Waals surface area contributed by atoms with Crippen LogP contribution in [0.2, 0.25) is 0 Å². The van der Waals surface area contributed by atoms with Gasteiger partial charge in [-0.1, -0.05) is 0 Å². The van der Waals surface area contributed by atoms with E-state index >= 15 is 0 Å². The van der Waals surface area contributed by atoms with E-state index in [1.165, 1.54) is 0 Å². The summed E-state index contributed by atoms with van der Waals surface area (Å²) in [7, 11) is -2.53. The molecule has 0 fully saturated rings. The van der Waals surface area contributed by atoms with Crippen molar-refractivity contribution in [3.63, 3.8) is 0 Å². The Kier molecular flexibility index (Phi) is 2.89. The second kappa shape index (κ2) is 4.21. The molecule has 5 nitrogen and oxygen atoms in total. The van der Waals surface area contributed by atoms with Gasteiger partial charge >= 0.3 is 0 Å². The molecule has 17 heavy (non-hydrogen) atoms. The van der Waals surface area contributed by atoms with Gasteiger partial charge in [0.25, 0.3) is 5.91 Å². The minimum Gasteiger partial charge on any atom is -0.383 e. The largest absolute Gasteiger partial charge is 0.383 e. The van der Waals surface area contributed by atoms with Crippen molar-refractivity contribution in [2.45, 2.75) is 19.9 Å². The molecule has 1 aromatic carbocycles. The topological polar surface area (TPSA) is 75.3 Å². The molecule has 0 unspecified atom stereocenters. The molecule has 6 heteroatoms. The summed E-state index contributed by atoms with van der Waals surface area (Å²) >= 11 is 0. The number of benzene rings is 1. The van der Waals surface area contributed by atoms with E-state index in [0.29, 0.717) is 11.3 Å². The Morgan fingerprint density at radius 2 is 2.00 bits per heavy atom. The number of anilines is 2. The van der Waals surface area contributed by atoms with Crippen LogP contribution in [0.25, 0.3) is 0 Å².